The summed E-state index contributed by atoms with van der Waals surface area (Å²) in [5.74, 6) is 0.420. The molecule has 4 rings (SSSR count). The largest absolute Gasteiger partial charge is 1.00 e. The van der Waals surface area contributed by atoms with Gasteiger partial charge in [0.2, 0.25) is 11.8 Å². The zero-order valence-electron chi connectivity index (χ0n) is 26.4. The van der Waals surface area contributed by atoms with Crippen molar-refractivity contribution < 1.29 is 42.0 Å². The van der Waals surface area contributed by atoms with Crippen molar-refractivity contribution in [1.29, 1.82) is 0 Å². The number of nitrogens with one attached hydrogen (secondary N) is 2. The predicted molar refractivity (Wildman–Crippen MR) is 179 cm³/mol. The second-order valence-corrected chi connectivity index (χ2v) is 12.6. The van der Waals surface area contributed by atoms with Crippen LogP contribution in [0.1, 0.15) is 68.6 Å². The molecule has 1 saturated carbocycles. The number of hydrogen-bond donors (Lipinski definition) is 3. The molecule has 1 fully saturated rings. The number of benzene rings is 3. The lowest BCUT2D eigenvalue weighted by Crippen LogP contribution is -3.00. The zero-order chi connectivity index (χ0) is 32.0. The lowest BCUT2D eigenvalue weighted by Gasteiger charge is -2.27. The van der Waals surface area contributed by atoms with Crippen molar-refractivity contribution in [2.45, 2.75) is 77.4 Å². The summed E-state index contributed by atoms with van der Waals surface area (Å²) in [6.07, 6.45) is 7.58. The van der Waals surface area contributed by atoms with Crippen LogP contribution in [-0.4, -0.2) is 30.6 Å². The number of rotatable bonds is 14. The highest BCUT2D eigenvalue weighted by Crippen LogP contribution is 2.28. The van der Waals surface area contributed by atoms with Crippen molar-refractivity contribution in [3.8, 4) is 5.75 Å². The summed E-state index contributed by atoms with van der Waals surface area (Å²) in [7, 11) is 0. The van der Waals surface area contributed by atoms with Crippen LogP contribution >= 0.6 is 15.9 Å². The number of carbonyl (C=O) groups is 3. The fraction of sp³-hybridized carbons (Fsp3) is 0.417. The van der Waals surface area contributed by atoms with Crippen LogP contribution in [0.4, 0.5) is 10.5 Å². The highest BCUT2D eigenvalue weighted by atomic mass is 79.9. The van der Waals surface area contributed by atoms with Gasteiger partial charge in [0, 0.05) is 34.0 Å². The number of halogens is 2. The van der Waals surface area contributed by atoms with Crippen molar-refractivity contribution in [3.63, 3.8) is 0 Å². The average Bonchev–Trinajstić information content (AvgIpc) is 3.06. The normalized spacial score (nSPS) is 16.4. The van der Waals surface area contributed by atoms with Crippen LogP contribution in [0.2, 0.25) is 0 Å². The fourth-order valence-electron chi connectivity index (χ4n) is 5.58. The van der Waals surface area contributed by atoms with Gasteiger partial charge in [0.15, 0.2) is 0 Å². The first kappa shape index (κ1) is 37.1. The number of ether oxygens (including phenoxy) is 2. The molecule has 3 aromatic rings. The smallest absolute Gasteiger partial charge is 0.514 e. The molecule has 0 aromatic heterocycles. The zero-order valence-corrected chi connectivity index (χ0v) is 28.8. The summed E-state index contributed by atoms with van der Waals surface area (Å²) < 4.78 is 11.4. The summed E-state index contributed by atoms with van der Waals surface area (Å²) in [4.78, 5) is 39.1. The standard InChI is InChI=1S/C36H44BrN3O5.ClH/c1-2-3-4-7-25-12-18-30(19-13-25)39-35(42)33(40-34(41)28-16-10-27(23-38)11-17-28)22-26-14-20-31(21-15-26)45-36(43)44-24-29-8-5-6-9-32(29)37;/h5-6,8-9,12-15,18-21,27-28,33H,2-4,7,10-11,16-17,22-24,38H2,1H3,(H,39,42)(H,40,41);1H/t27?,28?,33-;/m0./s1. The van der Waals surface area contributed by atoms with Crippen molar-refractivity contribution in [2.24, 2.45) is 11.8 Å². The van der Waals surface area contributed by atoms with Gasteiger partial charge in [-0.1, -0.05) is 78.2 Å². The van der Waals surface area contributed by atoms with E-state index in [4.69, 9.17) is 9.47 Å². The first-order chi connectivity index (χ1) is 21.8. The molecule has 1 aliphatic rings. The van der Waals surface area contributed by atoms with Gasteiger partial charge in [-0.15, -0.1) is 0 Å². The van der Waals surface area contributed by atoms with E-state index in [0.717, 1.165) is 60.7 Å². The Balaban J connectivity index is 0.00000576. The molecule has 0 bridgehead atoms. The Bertz CT molecular complexity index is 1400. The molecular weight excluding hydrogens is 670 g/mol. The highest BCUT2D eigenvalue weighted by molar-refractivity contribution is 9.10. The van der Waals surface area contributed by atoms with E-state index in [1.165, 1.54) is 18.4 Å². The van der Waals surface area contributed by atoms with Gasteiger partial charge >= 0.3 is 6.16 Å². The minimum atomic E-state index is -0.812. The lowest BCUT2D eigenvalue weighted by molar-refractivity contribution is -0.380. The summed E-state index contributed by atoms with van der Waals surface area (Å²) in [5.41, 5.74) is 7.60. The number of quaternary nitrogens is 1. The van der Waals surface area contributed by atoms with Crippen LogP contribution in [0, 0.1) is 11.8 Å². The second kappa shape index (κ2) is 19.3. The van der Waals surface area contributed by atoms with Gasteiger partial charge in [-0.05, 0) is 80.0 Å². The van der Waals surface area contributed by atoms with Gasteiger partial charge in [-0.25, -0.2) is 4.79 Å². The first-order valence-electron chi connectivity index (χ1n) is 16.0. The van der Waals surface area contributed by atoms with E-state index in [9.17, 15) is 14.4 Å². The number of carbonyl (C=O) groups excluding carboxylic acids is 3. The molecule has 1 atom stereocenters. The van der Waals surface area contributed by atoms with E-state index in [1.807, 2.05) is 48.5 Å². The van der Waals surface area contributed by atoms with E-state index in [0.29, 0.717) is 17.4 Å². The summed E-state index contributed by atoms with van der Waals surface area (Å²) in [6, 6.07) is 21.5. The molecule has 8 nitrogen and oxygen atoms in total. The molecular formula is C36H45BrClN3O5. The minimum Gasteiger partial charge on any atom is -1.00 e. The van der Waals surface area contributed by atoms with Crippen LogP contribution in [0.5, 0.6) is 5.75 Å². The molecule has 0 spiro atoms. The van der Waals surface area contributed by atoms with E-state index < -0.39 is 12.2 Å². The molecule has 248 valence electrons. The van der Waals surface area contributed by atoms with Crippen LogP contribution in [-0.2, 0) is 33.8 Å². The second-order valence-electron chi connectivity index (χ2n) is 11.8. The van der Waals surface area contributed by atoms with Crippen LogP contribution < -0.4 is 33.5 Å². The fourth-order valence-corrected chi connectivity index (χ4v) is 5.98. The molecule has 0 heterocycles. The third kappa shape index (κ3) is 11.8. The van der Waals surface area contributed by atoms with Crippen LogP contribution in [0.25, 0.3) is 0 Å². The third-order valence-corrected chi connectivity index (χ3v) is 9.19. The van der Waals surface area contributed by atoms with Crippen LogP contribution in [0.15, 0.2) is 77.3 Å². The molecule has 0 saturated heterocycles. The molecule has 2 amide bonds. The summed E-state index contributed by atoms with van der Waals surface area (Å²) in [6.45, 7) is 3.15. The van der Waals surface area contributed by atoms with Gasteiger partial charge < -0.3 is 38.2 Å². The van der Waals surface area contributed by atoms with Gasteiger partial charge in [0.25, 0.3) is 0 Å². The molecule has 1 aliphatic carbocycles. The topological polar surface area (TPSA) is 121 Å². The molecule has 3 aromatic carbocycles. The lowest BCUT2D eigenvalue weighted by atomic mass is 9.81. The maximum atomic E-state index is 13.5. The number of amides is 2. The molecule has 5 N–H and O–H groups in total. The molecule has 0 radical (unpaired) electrons. The van der Waals surface area contributed by atoms with Gasteiger partial charge in [0.1, 0.15) is 18.4 Å². The Morgan fingerprint density at radius 3 is 2.24 bits per heavy atom. The molecule has 0 aliphatic heterocycles. The maximum absolute atomic E-state index is 13.5. The van der Waals surface area contributed by atoms with E-state index in [1.54, 1.807) is 24.3 Å². The quantitative estimate of drug-likeness (QED) is 0.134. The SMILES string of the molecule is CCCCCc1ccc(NC(=O)[C@H](Cc2ccc(OC(=O)OCc3ccccc3Br)cc2)NC(=O)C2CCC(C[NH3+])CC2)cc1.[Cl-]. The Labute approximate surface area is 286 Å². The highest BCUT2D eigenvalue weighted by Gasteiger charge is 2.30. The molecule has 46 heavy (non-hydrogen) atoms. The van der Waals surface area contributed by atoms with Crippen molar-refractivity contribution in [3.05, 3.63) is 94.0 Å². The first-order valence-corrected chi connectivity index (χ1v) is 16.8. The number of unbranched alkanes of at least 4 members (excludes halogenated alkanes) is 2. The number of anilines is 1. The van der Waals surface area contributed by atoms with Crippen molar-refractivity contribution in [1.82, 2.24) is 5.32 Å². The third-order valence-electron chi connectivity index (χ3n) is 8.42. The number of hydrogen-bond acceptors (Lipinski definition) is 5. The van der Waals surface area contributed by atoms with E-state index >= 15 is 0 Å². The Morgan fingerprint density at radius 2 is 1.59 bits per heavy atom. The Hall–Kier alpha value is -3.40. The molecule has 0 unspecified atom stereocenters. The maximum Gasteiger partial charge on any atom is 0.514 e. The number of aryl methyl sites for hydroxylation is 1. The van der Waals surface area contributed by atoms with Gasteiger partial charge in [0.05, 0.1) is 6.54 Å². The summed E-state index contributed by atoms with van der Waals surface area (Å²) >= 11 is 3.44. The van der Waals surface area contributed by atoms with Gasteiger partial charge in [-0.2, -0.15) is 0 Å². The predicted octanol–water partition coefficient (Wildman–Crippen LogP) is 3.62. The summed E-state index contributed by atoms with van der Waals surface area (Å²) in [5, 5.41) is 6.04. The van der Waals surface area contributed by atoms with E-state index in [-0.39, 0.29) is 43.2 Å². The Morgan fingerprint density at radius 1 is 0.913 bits per heavy atom. The average molecular weight is 715 g/mol. The van der Waals surface area contributed by atoms with Gasteiger partial charge in [-0.3, -0.25) is 9.59 Å². The minimum absolute atomic E-state index is 0. The molecule has 10 heteroatoms. The van der Waals surface area contributed by atoms with Crippen molar-refractivity contribution in [2.75, 3.05) is 11.9 Å². The van der Waals surface area contributed by atoms with Crippen LogP contribution in [0.3, 0.4) is 0 Å². The monoisotopic (exact) mass is 713 g/mol. The van der Waals surface area contributed by atoms with E-state index in [2.05, 4.69) is 39.2 Å². The van der Waals surface area contributed by atoms with Crippen molar-refractivity contribution >= 4 is 39.6 Å². The Kier molecular flexibility index (Phi) is 15.6.